The molecule has 0 aromatic heterocycles. The molecule has 0 aliphatic rings. The normalized spacial score (nSPS) is 12.1. The highest BCUT2D eigenvalue weighted by molar-refractivity contribution is 5.58. The van der Waals surface area contributed by atoms with Crippen molar-refractivity contribution < 1.29 is 24.2 Å². The van der Waals surface area contributed by atoms with Crippen molar-refractivity contribution in [3.63, 3.8) is 0 Å². The van der Waals surface area contributed by atoms with Gasteiger partial charge in [-0.1, -0.05) is 18.2 Å². The largest absolute Gasteiger partial charge is 0.514 e. The number of nitrogens with zero attached hydrogens (tertiary/aromatic N) is 1. The number of benzene rings is 1. The van der Waals surface area contributed by atoms with Crippen molar-refractivity contribution in [2.75, 3.05) is 27.7 Å². The van der Waals surface area contributed by atoms with Gasteiger partial charge < -0.3 is 24.2 Å². The summed E-state index contributed by atoms with van der Waals surface area (Å²) in [6, 6.07) is 8.20. The van der Waals surface area contributed by atoms with Gasteiger partial charge in [-0.15, -0.1) is 0 Å². The zero-order chi connectivity index (χ0) is 14.2. The molecule has 0 saturated heterocycles. The summed E-state index contributed by atoms with van der Waals surface area (Å²) in [6.07, 6.45) is -1.72. The van der Waals surface area contributed by atoms with Crippen LogP contribution in [0, 0.1) is 0 Å². The number of carbonyl (C=O) groups is 1. The van der Waals surface area contributed by atoms with E-state index in [4.69, 9.17) is 5.11 Å². The maximum absolute atomic E-state index is 9.84. The van der Waals surface area contributed by atoms with Crippen LogP contribution in [0.3, 0.4) is 0 Å². The van der Waals surface area contributed by atoms with Gasteiger partial charge in [-0.2, -0.15) is 0 Å². The average Bonchev–Trinajstić information content (AvgIpc) is 2.14. The predicted octanol–water partition coefficient (Wildman–Crippen LogP) is 0.482. The van der Waals surface area contributed by atoms with E-state index in [2.05, 4.69) is 25.9 Å². The summed E-state index contributed by atoms with van der Waals surface area (Å²) >= 11 is 0. The van der Waals surface area contributed by atoms with Crippen LogP contribution in [-0.4, -0.2) is 49.5 Å². The van der Waals surface area contributed by atoms with Gasteiger partial charge in [0.1, 0.15) is 12.6 Å². The Hall–Kier alpha value is -1.59. The van der Waals surface area contributed by atoms with E-state index in [9.17, 15) is 9.90 Å². The van der Waals surface area contributed by atoms with Gasteiger partial charge in [0, 0.05) is 0 Å². The summed E-state index contributed by atoms with van der Waals surface area (Å²) in [5.41, 5.74) is 0. The Balaban J connectivity index is 0.000000331. The molecule has 0 saturated carbocycles. The molecule has 1 aromatic carbocycles. The Morgan fingerprint density at radius 3 is 2.11 bits per heavy atom. The third-order valence-electron chi connectivity index (χ3n) is 1.76. The first-order valence-electron chi connectivity index (χ1n) is 5.63. The van der Waals surface area contributed by atoms with E-state index >= 15 is 0 Å². The van der Waals surface area contributed by atoms with Crippen LogP contribution >= 0.6 is 0 Å². The topological polar surface area (TPSA) is 69.6 Å². The zero-order valence-electron chi connectivity index (χ0n) is 11.3. The van der Waals surface area contributed by atoms with Crippen LogP contribution in [0.5, 0.6) is 5.75 Å². The number of rotatable bonds is 3. The molecule has 5 nitrogen and oxygen atoms in total. The van der Waals surface area contributed by atoms with E-state index in [1.807, 2.05) is 6.92 Å². The number of likely N-dealkylation sites (N-methyl/N-ethyl adjacent to an activating group) is 1. The number of para-hydroxylation sites is 1. The maximum atomic E-state index is 9.84. The van der Waals surface area contributed by atoms with Gasteiger partial charge >= 0.3 is 0 Å². The molecule has 1 N–H and O–H groups in total. The number of aliphatic hydroxyl groups excluding tert-OH is 1. The average molecular weight is 255 g/mol. The first kappa shape index (κ1) is 16.4. The fourth-order valence-corrected chi connectivity index (χ4v) is 1.38. The van der Waals surface area contributed by atoms with E-state index in [1.54, 1.807) is 18.2 Å². The Kier molecular flexibility index (Phi) is 7.00. The molecule has 0 heterocycles. The Morgan fingerprint density at radius 2 is 1.83 bits per heavy atom. The minimum Gasteiger partial charge on any atom is -0.514 e. The molecule has 0 spiro atoms. The van der Waals surface area contributed by atoms with E-state index in [-0.39, 0.29) is 11.9 Å². The number of ether oxygens (including phenoxy) is 1. The highest BCUT2D eigenvalue weighted by Crippen LogP contribution is 2.06. The van der Waals surface area contributed by atoms with Crippen molar-refractivity contribution in [3.8, 4) is 5.75 Å². The summed E-state index contributed by atoms with van der Waals surface area (Å²) in [5.74, 6) is 0.280. The number of carboxylic acid groups (broad SMARTS) is 1. The molecule has 0 aliphatic carbocycles. The van der Waals surface area contributed by atoms with E-state index in [0.29, 0.717) is 0 Å². The zero-order valence-corrected chi connectivity index (χ0v) is 11.3. The fourth-order valence-electron chi connectivity index (χ4n) is 1.38. The third kappa shape index (κ3) is 10.9. The quantitative estimate of drug-likeness (QED) is 0.484. The second kappa shape index (κ2) is 7.68. The van der Waals surface area contributed by atoms with Crippen LogP contribution in [0.2, 0.25) is 0 Å². The van der Waals surface area contributed by atoms with Gasteiger partial charge in [0.2, 0.25) is 0 Å². The van der Waals surface area contributed by atoms with Crippen molar-refractivity contribution in [2.45, 2.75) is 13.0 Å². The van der Waals surface area contributed by atoms with Crippen molar-refractivity contribution in [1.82, 2.24) is 0 Å². The molecule has 0 fully saturated rings. The molecular weight excluding hydrogens is 234 g/mol. The lowest BCUT2D eigenvalue weighted by molar-refractivity contribution is -0.873. The summed E-state index contributed by atoms with van der Waals surface area (Å²) < 4.78 is 5.05. The van der Waals surface area contributed by atoms with Crippen LogP contribution in [0.4, 0.5) is 4.79 Å². The first-order chi connectivity index (χ1) is 8.20. The second-order valence-electron chi connectivity index (χ2n) is 4.99. The molecule has 1 rings (SSSR count). The molecule has 5 heteroatoms. The molecule has 0 aliphatic heterocycles. The molecule has 18 heavy (non-hydrogen) atoms. The van der Waals surface area contributed by atoms with E-state index < -0.39 is 6.16 Å². The van der Waals surface area contributed by atoms with Crippen LogP contribution in [0.15, 0.2) is 30.3 Å². The lowest BCUT2D eigenvalue weighted by Gasteiger charge is -2.24. The van der Waals surface area contributed by atoms with Crippen LogP contribution in [0.1, 0.15) is 6.92 Å². The fraction of sp³-hybridized carbons (Fsp3) is 0.462. The molecular formula is C13H21NO4. The molecule has 1 aromatic rings. The SMILES string of the molecule is CC(O)C[N+](C)(C)C.O=C([O-])Oc1ccccc1. The van der Waals surface area contributed by atoms with Crippen LogP contribution in [-0.2, 0) is 0 Å². The third-order valence-corrected chi connectivity index (χ3v) is 1.76. The molecule has 102 valence electrons. The summed E-state index contributed by atoms with van der Waals surface area (Å²) in [5, 5.41) is 18.7. The Morgan fingerprint density at radius 1 is 1.33 bits per heavy atom. The number of quaternary nitrogens is 1. The minimum atomic E-state index is -1.54. The lowest BCUT2D eigenvalue weighted by Crippen LogP contribution is -2.40. The minimum absolute atomic E-state index is 0.185. The van der Waals surface area contributed by atoms with Crippen molar-refractivity contribution in [2.24, 2.45) is 0 Å². The molecule has 0 radical (unpaired) electrons. The molecule has 1 atom stereocenters. The van der Waals surface area contributed by atoms with Crippen molar-refractivity contribution in [3.05, 3.63) is 30.3 Å². The first-order valence-corrected chi connectivity index (χ1v) is 5.63. The summed E-state index contributed by atoms with van der Waals surface area (Å²) in [7, 11) is 6.19. The molecule has 1 unspecified atom stereocenters. The van der Waals surface area contributed by atoms with Gasteiger partial charge in [0.15, 0.2) is 0 Å². The predicted molar refractivity (Wildman–Crippen MR) is 67.0 cm³/mol. The van der Waals surface area contributed by atoms with Crippen LogP contribution in [0.25, 0.3) is 0 Å². The highest BCUT2D eigenvalue weighted by atomic mass is 16.7. The standard InChI is InChI=1S/C7H6O3.C6H16NO/c8-7(9)10-6-4-2-1-3-5-6;1-6(8)5-7(2,3)4/h1-5H,(H,8,9);6,8H,5H2,1-4H3/q;+1/p-1. The van der Waals surface area contributed by atoms with Gasteiger partial charge in [0.05, 0.1) is 26.9 Å². The van der Waals surface area contributed by atoms with Crippen molar-refractivity contribution in [1.29, 1.82) is 0 Å². The van der Waals surface area contributed by atoms with Gasteiger partial charge in [-0.05, 0) is 19.1 Å². The van der Waals surface area contributed by atoms with E-state index in [1.165, 1.54) is 12.1 Å². The summed E-state index contributed by atoms with van der Waals surface area (Å²) in [6.45, 7) is 2.63. The molecule has 0 amide bonds. The monoisotopic (exact) mass is 255 g/mol. The maximum Gasteiger partial charge on any atom is 0.257 e. The number of hydrogen-bond acceptors (Lipinski definition) is 4. The Bertz CT molecular complexity index is 344. The lowest BCUT2D eigenvalue weighted by atomic mass is 10.3. The number of hydrogen-bond donors (Lipinski definition) is 1. The highest BCUT2D eigenvalue weighted by Gasteiger charge is 2.09. The summed E-state index contributed by atoms with van der Waals surface area (Å²) in [4.78, 5) is 9.84. The van der Waals surface area contributed by atoms with Gasteiger partial charge in [0.25, 0.3) is 6.16 Å². The van der Waals surface area contributed by atoms with E-state index in [0.717, 1.165) is 11.0 Å². The van der Waals surface area contributed by atoms with Crippen LogP contribution < -0.4 is 9.84 Å². The Labute approximate surface area is 108 Å². The second-order valence-corrected chi connectivity index (χ2v) is 4.99. The number of carbonyl (C=O) groups excluding carboxylic acids is 1. The van der Waals surface area contributed by atoms with Crippen molar-refractivity contribution >= 4 is 6.16 Å². The number of aliphatic hydroxyl groups is 1. The molecule has 0 bridgehead atoms. The van der Waals surface area contributed by atoms with Gasteiger partial charge in [-0.3, -0.25) is 0 Å². The van der Waals surface area contributed by atoms with Gasteiger partial charge in [-0.25, -0.2) is 0 Å². The smallest absolute Gasteiger partial charge is 0.257 e.